The van der Waals surface area contributed by atoms with Crippen molar-refractivity contribution in [1.82, 2.24) is 4.90 Å². The number of nitrogens with zero attached hydrogens (tertiary/aromatic N) is 1. The molecule has 3 rings (SSSR count). The number of carbonyl (C=O) groups excluding carboxylic acids is 1. The summed E-state index contributed by atoms with van der Waals surface area (Å²) in [4.78, 5) is 14.8. The van der Waals surface area contributed by atoms with Gasteiger partial charge in [-0.2, -0.15) is 11.8 Å². The van der Waals surface area contributed by atoms with E-state index in [1.165, 1.54) is 12.1 Å². The van der Waals surface area contributed by atoms with Crippen molar-refractivity contribution in [3.8, 4) is 0 Å². The van der Waals surface area contributed by atoms with Gasteiger partial charge in [-0.25, -0.2) is 8.42 Å². The fraction of sp³-hybridized carbons (Fsp3) is 0.350. The van der Waals surface area contributed by atoms with Crippen LogP contribution in [0.4, 0.5) is 5.69 Å². The highest BCUT2D eigenvalue weighted by atomic mass is 35.5. The Bertz CT molecular complexity index is 929. The van der Waals surface area contributed by atoms with Crippen LogP contribution >= 0.6 is 23.4 Å². The molecule has 2 aromatic rings. The molecule has 1 amide bonds. The number of hydrogen-bond donors (Lipinski definition) is 1. The van der Waals surface area contributed by atoms with Crippen LogP contribution in [-0.2, 0) is 10.0 Å². The summed E-state index contributed by atoms with van der Waals surface area (Å²) in [5, 5.41) is 0.961. The molecule has 1 aliphatic heterocycles. The first kappa shape index (κ1) is 21.0. The Morgan fingerprint density at radius 2 is 1.79 bits per heavy atom. The van der Waals surface area contributed by atoms with E-state index in [1.54, 1.807) is 36.4 Å². The van der Waals surface area contributed by atoms with E-state index >= 15 is 0 Å². The van der Waals surface area contributed by atoms with Crippen molar-refractivity contribution in [1.29, 1.82) is 0 Å². The highest BCUT2D eigenvalue weighted by Crippen LogP contribution is 2.26. The number of amides is 1. The maximum atomic E-state index is 12.8. The number of carbonyl (C=O) groups is 1. The van der Waals surface area contributed by atoms with Crippen LogP contribution in [-0.4, -0.2) is 43.3 Å². The smallest absolute Gasteiger partial charge is 0.261 e. The Labute approximate surface area is 175 Å². The number of rotatable bonds is 5. The minimum Gasteiger partial charge on any atom is -0.337 e. The lowest BCUT2D eigenvalue weighted by molar-refractivity contribution is 0.0756. The van der Waals surface area contributed by atoms with Crippen molar-refractivity contribution in [2.75, 3.05) is 23.6 Å². The van der Waals surface area contributed by atoms with Gasteiger partial charge in [0.25, 0.3) is 15.9 Å². The van der Waals surface area contributed by atoms with Crippen LogP contribution in [0, 0.1) is 5.92 Å². The van der Waals surface area contributed by atoms with Gasteiger partial charge < -0.3 is 4.90 Å². The molecular formula is C20H23ClN2O3S2. The molecule has 0 spiro atoms. The molecule has 1 fully saturated rings. The highest BCUT2D eigenvalue weighted by Gasteiger charge is 2.27. The molecule has 0 aromatic heterocycles. The molecular weight excluding hydrogens is 416 g/mol. The molecule has 5 nitrogen and oxygen atoms in total. The molecule has 1 heterocycles. The van der Waals surface area contributed by atoms with Crippen molar-refractivity contribution in [3.63, 3.8) is 0 Å². The Kier molecular flexibility index (Phi) is 6.58. The summed E-state index contributed by atoms with van der Waals surface area (Å²) < 4.78 is 27.6. The average Bonchev–Trinajstić information content (AvgIpc) is 2.69. The Morgan fingerprint density at radius 3 is 2.39 bits per heavy atom. The molecule has 0 bridgehead atoms. The van der Waals surface area contributed by atoms with Crippen LogP contribution in [0.5, 0.6) is 0 Å². The van der Waals surface area contributed by atoms with E-state index in [2.05, 4.69) is 18.6 Å². The van der Waals surface area contributed by atoms with Crippen molar-refractivity contribution >= 4 is 45.0 Å². The van der Waals surface area contributed by atoms with E-state index in [-0.39, 0.29) is 10.8 Å². The van der Waals surface area contributed by atoms with Crippen LogP contribution in [0.1, 0.15) is 24.2 Å². The molecule has 8 heteroatoms. The van der Waals surface area contributed by atoms with Crippen LogP contribution < -0.4 is 4.72 Å². The maximum Gasteiger partial charge on any atom is 0.261 e. The number of sulfonamides is 1. The second kappa shape index (κ2) is 8.76. The van der Waals surface area contributed by atoms with E-state index in [9.17, 15) is 13.2 Å². The topological polar surface area (TPSA) is 66.5 Å². The zero-order valence-corrected chi connectivity index (χ0v) is 18.2. The highest BCUT2D eigenvalue weighted by molar-refractivity contribution is 8.00. The molecule has 1 atom stereocenters. The molecule has 1 saturated heterocycles. The number of anilines is 1. The van der Waals surface area contributed by atoms with Crippen molar-refractivity contribution in [2.45, 2.75) is 24.0 Å². The normalized spacial score (nSPS) is 17.6. The van der Waals surface area contributed by atoms with Gasteiger partial charge in [0, 0.05) is 40.4 Å². The number of halogens is 1. The standard InChI is InChI=1S/C20H23ClN2O3S2/c1-14(2)19-13-23(11-12-27-19)20(24)15-3-9-18(10-4-15)28(25,26)22-17-7-5-16(21)6-8-17/h3-10,14,19,22H,11-13H2,1-2H3/t19-/m0/s1. The molecule has 1 aliphatic rings. The van der Waals surface area contributed by atoms with E-state index in [4.69, 9.17) is 11.6 Å². The van der Waals surface area contributed by atoms with Crippen molar-refractivity contribution < 1.29 is 13.2 Å². The molecule has 0 radical (unpaired) electrons. The molecule has 0 saturated carbocycles. The zero-order valence-electron chi connectivity index (χ0n) is 15.8. The summed E-state index contributed by atoms with van der Waals surface area (Å²) in [6, 6.07) is 12.5. The van der Waals surface area contributed by atoms with Crippen LogP contribution in [0.25, 0.3) is 0 Å². The number of benzene rings is 2. The SMILES string of the molecule is CC(C)[C@@H]1CN(C(=O)c2ccc(S(=O)(=O)Nc3ccc(Cl)cc3)cc2)CCS1. The summed E-state index contributed by atoms with van der Waals surface area (Å²) >= 11 is 7.73. The number of thioether (sulfide) groups is 1. The van der Waals surface area contributed by atoms with Gasteiger partial charge in [-0.1, -0.05) is 25.4 Å². The van der Waals surface area contributed by atoms with E-state index in [0.717, 1.165) is 12.3 Å². The third kappa shape index (κ3) is 5.01. The molecule has 0 aliphatic carbocycles. The van der Waals surface area contributed by atoms with Crippen LogP contribution in [0.2, 0.25) is 5.02 Å². The molecule has 28 heavy (non-hydrogen) atoms. The predicted molar refractivity (Wildman–Crippen MR) is 116 cm³/mol. The lowest BCUT2D eigenvalue weighted by Gasteiger charge is -2.34. The third-order valence-corrected chi connectivity index (χ3v) is 7.82. The van der Waals surface area contributed by atoms with Gasteiger partial charge in [-0.3, -0.25) is 9.52 Å². The lowest BCUT2D eigenvalue weighted by atomic mass is 10.1. The summed E-state index contributed by atoms with van der Waals surface area (Å²) in [7, 11) is -3.73. The molecule has 2 aromatic carbocycles. The second-order valence-electron chi connectivity index (χ2n) is 7.04. The summed E-state index contributed by atoms with van der Waals surface area (Å²) in [5.74, 6) is 1.37. The Balaban J connectivity index is 1.71. The fourth-order valence-corrected chi connectivity index (χ4v) is 5.44. The van der Waals surface area contributed by atoms with Crippen molar-refractivity contribution in [3.05, 3.63) is 59.1 Å². The summed E-state index contributed by atoms with van der Waals surface area (Å²) in [6.07, 6.45) is 0. The maximum absolute atomic E-state index is 12.8. The Morgan fingerprint density at radius 1 is 1.14 bits per heavy atom. The average molecular weight is 439 g/mol. The van der Waals surface area contributed by atoms with E-state index < -0.39 is 10.0 Å². The first-order valence-electron chi connectivity index (χ1n) is 9.05. The summed E-state index contributed by atoms with van der Waals surface area (Å²) in [5.41, 5.74) is 0.926. The first-order chi connectivity index (χ1) is 13.3. The van der Waals surface area contributed by atoms with Gasteiger partial charge >= 0.3 is 0 Å². The predicted octanol–water partition coefficient (Wildman–Crippen LogP) is 4.35. The van der Waals surface area contributed by atoms with Gasteiger partial charge in [-0.05, 0) is 54.4 Å². The minimum absolute atomic E-state index is 0.0550. The third-order valence-electron chi connectivity index (χ3n) is 4.63. The van der Waals surface area contributed by atoms with Crippen LogP contribution in [0.15, 0.2) is 53.4 Å². The second-order valence-corrected chi connectivity index (χ2v) is 10.5. The Hall–Kier alpha value is -1.70. The first-order valence-corrected chi connectivity index (χ1v) is 12.0. The number of nitrogens with one attached hydrogen (secondary N) is 1. The number of hydrogen-bond acceptors (Lipinski definition) is 4. The summed E-state index contributed by atoms with van der Waals surface area (Å²) in [6.45, 7) is 5.77. The monoisotopic (exact) mass is 438 g/mol. The van der Waals surface area contributed by atoms with Gasteiger partial charge in [-0.15, -0.1) is 0 Å². The molecule has 0 unspecified atom stereocenters. The van der Waals surface area contributed by atoms with Crippen molar-refractivity contribution in [2.24, 2.45) is 5.92 Å². The van der Waals surface area contributed by atoms with Crippen LogP contribution in [0.3, 0.4) is 0 Å². The molecule has 150 valence electrons. The van der Waals surface area contributed by atoms with E-state index in [1.807, 2.05) is 16.7 Å². The minimum atomic E-state index is -3.73. The van der Waals surface area contributed by atoms with E-state index in [0.29, 0.717) is 34.0 Å². The molecule has 1 N–H and O–H groups in total. The van der Waals surface area contributed by atoms with Gasteiger partial charge in [0.15, 0.2) is 0 Å². The fourth-order valence-electron chi connectivity index (χ4n) is 2.95. The lowest BCUT2D eigenvalue weighted by Crippen LogP contribution is -2.43. The quantitative estimate of drug-likeness (QED) is 0.753. The largest absolute Gasteiger partial charge is 0.337 e. The van der Waals surface area contributed by atoms with Gasteiger partial charge in [0.1, 0.15) is 0 Å². The zero-order chi connectivity index (χ0) is 20.3. The van der Waals surface area contributed by atoms with Gasteiger partial charge in [0.2, 0.25) is 0 Å². The van der Waals surface area contributed by atoms with Gasteiger partial charge in [0.05, 0.1) is 4.90 Å².